The highest BCUT2D eigenvalue weighted by Crippen LogP contribution is 2.15. The van der Waals surface area contributed by atoms with E-state index >= 15 is 0 Å². The fraction of sp³-hybridized carbons (Fsp3) is 0.385. The molecule has 1 atom stereocenters. The van der Waals surface area contributed by atoms with E-state index in [1.165, 1.54) is 0 Å². The number of nitrogens with one attached hydrogen (secondary N) is 3. The van der Waals surface area contributed by atoms with Gasteiger partial charge < -0.3 is 10.6 Å². The molecule has 0 aliphatic carbocycles. The topological polar surface area (TPSA) is 70.2 Å². The Morgan fingerprint density at radius 3 is 2.32 bits per heavy atom. The lowest BCUT2D eigenvalue weighted by molar-refractivity contribution is -0.121. The molecule has 0 unspecified atom stereocenters. The highest BCUT2D eigenvalue weighted by Gasteiger charge is 2.09. The van der Waals surface area contributed by atoms with E-state index in [2.05, 4.69) is 16.0 Å². The van der Waals surface area contributed by atoms with Crippen molar-refractivity contribution in [2.45, 2.75) is 13.0 Å². The van der Waals surface area contributed by atoms with Gasteiger partial charge in [-0.05, 0) is 24.6 Å². The first-order valence-corrected chi connectivity index (χ1v) is 6.37. The maximum Gasteiger partial charge on any atom is 0.234 e. The Morgan fingerprint density at radius 1 is 1.16 bits per heavy atom. The monoisotopic (exact) mass is 283 g/mol. The summed E-state index contributed by atoms with van der Waals surface area (Å²) in [6.07, 6.45) is 0. The predicted octanol–water partition coefficient (Wildman–Crippen LogP) is 0.853. The summed E-state index contributed by atoms with van der Waals surface area (Å²) in [4.78, 5) is 22.6. The minimum atomic E-state index is -0.161. The van der Waals surface area contributed by atoms with Crippen molar-refractivity contribution in [2.75, 3.05) is 20.1 Å². The maximum atomic E-state index is 11.6. The summed E-state index contributed by atoms with van der Waals surface area (Å²) in [5.74, 6) is -0.315. The van der Waals surface area contributed by atoms with Gasteiger partial charge in [-0.2, -0.15) is 0 Å². The molecular formula is C13H18ClN3O2. The second-order valence-corrected chi connectivity index (χ2v) is 4.55. The summed E-state index contributed by atoms with van der Waals surface area (Å²) in [5.41, 5.74) is 0.976. The maximum absolute atomic E-state index is 11.6. The van der Waals surface area contributed by atoms with Crippen molar-refractivity contribution in [1.29, 1.82) is 0 Å². The van der Waals surface area contributed by atoms with Crippen molar-refractivity contribution < 1.29 is 9.59 Å². The molecule has 0 radical (unpaired) electrons. The second-order valence-electron chi connectivity index (χ2n) is 4.12. The normalized spacial score (nSPS) is 11.7. The molecule has 0 aromatic heterocycles. The standard InChI is InChI=1S/C13H18ClN3O2/c1-9(10-3-5-11(14)6-4-10)17-13(19)8-16-7-12(18)15-2/h3-6,9,16H,7-8H2,1-2H3,(H,15,18)(H,17,19)/t9-/m0/s1. The van der Waals surface area contributed by atoms with E-state index < -0.39 is 0 Å². The molecule has 1 rings (SSSR count). The van der Waals surface area contributed by atoms with E-state index in [1.54, 1.807) is 19.2 Å². The molecule has 2 amide bonds. The third-order valence-electron chi connectivity index (χ3n) is 2.60. The van der Waals surface area contributed by atoms with Crippen LogP contribution in [0, 0.1) is 0 Å². The molecule has 3 N–H and O–H groups in total. The second kappa shape index (κ2) is 7.76. The van der Waals surface area contributed by atoms with Gasteiger partial charge in [0.05, 0.1) is 19.1 Å². The molecule has 19 heavy (non-hydrogen) atoms. The number of amides is 2. The third kappa shape index (κ3) is 5.72. The zero-order valence-electron chi connectivity index (χ0n) is 11.0. The van der Waals surface area contributed by atoms with Gasteiger partial charge in [0.1, 0.15) is 0 Å². The Morgan fingerprint density at radius 2 is 1.74 bits per heavy atom. The SMILES string of the molecule is CNC(=O)CNCC(=O)N[C@@H](C)c1ccc(Cl)cc1. The van der Waals surface area contributed by atoms with Gasteiger partial charge in [0, 0.05) is 12.1 Å². The molecule has 1 aromatic carbocycles. The van der Waals surface area contributed by atoms with Crippen LogP contribution in [0.25, 0.3) is 0 Å². The zero-order valence-corrected chi connectivity index (χ0v) is 11.8. The molecule has 0 spiro atoms. The Kier molecular flexibility index (Phi) is 6.32. The number of hydrogen-bond donors (Lipinski definition) is 3. The van der Waals surface area contributed by atoms with Gasteiger partial charge in [-0.15, -0.1) is 0 Å². The van der Waals surface area contributed by atoms with E-state index in [0.717, 1.165) is 5.56 Å². The van der Waals surface area contributed by atoms with Gasteiger partial charge in [-0.3, -0.25) is 14.9 Å². The van der Waals surface area contributed by atoms with E-state index in [-0.39, 0.29) is 30.9 Å². The molecule has 6 heteroatoms. The highest BCUT2D eigenvalue weighted by molar-refractivity contribution is 6.30. The molecule has 1 aromatic rings. The van der Waals surface area contributed by atoms with E-state index in [4.69, 9.17) is 11.6 Å². The van der Waals surface area contributed by atoms with Crippen molar-refractivity contribution in [3.05, 3.63) is 34.9 Å². The van der Waals surface area contributed by atoms with Crippen LogP contribution in [-0.2, 0) is 9.59 Å². The van der Waals surface area contributed by atoms with Crippen molar-refractivity contribution in [3.63, 3.8) is 0 Å². The van der Waals surface area contributed by atoms with Crippen LogP contribution < -0.4 is 16.0 Å². The fourth-order valence-electron chi connectivity index (χ4n) is 1.51. The van der Waals surface area contributed by atoms with Gasteiger partial charge in [-0.25, -0.2) is 0 Å². The molecule has 0 saturated heterocycles. The summed E-state index contributed by atoms with van der Waals surface area (Å²) in [7, 11) is 1.55. The number of carbonyl (C=O) groups is 2. The average Bonchev–Trinajstić information content (AvgIpc) is 2.39. The summed E-state index contributed by atoms with van der Waals surface area (Å²) >= 11 is 5.80. The van der Waals surface area contributed by atoms with Crippen LogP contribution in [0.4, 0.5) is 0 Å². The van der Waals surface area contributed by atoms with Crippen LogP contribution >= 0.6 is 11.6 Å². The Balaban J connectivity index is 2.35. The number of rotatable bonds is 6. The number of carbonyl (C=O) groups excluding carboxylic acids is 2. The van der Waals surface area contributed by atoms with Crippen molar-refractivity contribution in [3.8, 4) is 0 Å². The Hall–Kier alpha value is -1.59. The van der Waals surface area contributed by atoms with Crippen molar-refractivity contribution in [1.82, 2.24) is 16.0 Å². The summed E-state index contributed by atoms with van der Waals surface area (Å²) in [6, 6.07) is 7.19. The quantitative estimate of drug-likeness (QED) is 0.725. The first-order chi connectivity index (χ1) is 9.02. The van der Waals surface area contributed by atoms with E-state index in [9.17, 15) is 9.59 Å². The molecule has 0 heterocycles. The fourth-order valence-corrected chi connectivity index (χ4v) is 1.63. The van der Waals surface area contributed by atoms with Crippen molar-refractivity contribution in [2.24, 2.45) is 0 Å². The highest BCUT2D eigenvalue weighted by atomic mass is 35.5. The van der Waals surface area contributed by atoms with Gasteiger partial charge in [0.25, 0.3) is 0 Å². The van der Waals surface area contributed by atoms with Crippen LogP contribution in [0.5, 0.6) is 0 Å². The molecule has 5 nitrogen and oxygen atoms in total. The molecule has 0 saturated carbocycles. The largest absolute Gasteiger partial charge is 0.358 e. The van der Waals surface area contributed by atoms with Gasteiger partial charge in [-0.1, -0.05) is 23.7 Å². The van der Waals surface area contributed by atoms with Gasteiger partial charge >= 0.3 is 0 Å². The van der Waals surface area contributed by atoms with Crippen molar-refractivity contribution >= 4 is 23.4 Å². The molecule has 0 fully saturated rings. The molecular weight excluding hydrogens is 266 g/mol. The number of hydrogen-bond acceptors (Lipinski definition) is 3. The molecule has 0 bridgehead atoms. The average molecular weight is 284 g/mol. The van der Waals surface area contributed by atoms with Gasteiger partial charge in [0.2, 0.25) is 11.8 Å². The summed E-state index contributed by atoms with van der Waals surface area (Å²) in [6.45, 7) is 2.12. The van der Waals surface area contributed by atoms with Gasteiger partial charge in [0.15, 0.2) is 0 Å². The predicted molar refractivity (Wildman–Crippen MR) is 74.9 cm³/mol. The summed E-state index contributed by atoms with van der Waals surface area (Å²) < 4.78 is 0. The van der Waals surface area contributed by atoms with Crippen LogP contribution in [0.3, 0.4) is 0 Å². The molecule has 104 valence electrons. The van der Waals surface area contributed by atoms with E-state index in [1.807, 2.05) is 19.1 Å². The lowest BCUT2D eigenvalue weighted by Crippen LogP contribution is -2.39. The van der Waals surface area contributed by atoms with Crippen LogP contribution in [0.15, 0.2) is 24.3 Å². The number of benzene rings is 1. The molecule has 0 aliphatic heterocycles. The minimum absolute atomic E-state index is 0.103. The van der Waals surface area contributed by atoms with Crippen LogP contribution in [0.2, 0.25) is 5.02 Å². The lowest BCUT2D eigenvalue weighted by Gasteiger charge is -2.14. The first kappa shape index (κ1) is 15.5. The third-order valence-corrected chi connectivity index (χ3v) is 2.85. The Labute approximate surface area is 117 Å². The number of likely N-dealkylation sites (N-methyl/N-ethyl adjacent to an activating group) is 1. The summed E-state index contributed by atoms with van der Waals surface area (Å²) in [5, 5.41) is 8.71. The number of halogens is 1. The smallest absolute Gasteiger partial charge is 0.234 e. The Bertz CT molecular complexity index is 434. The first-order valence-electron chi connectivity index (χ1n) is 5.99. The minimum Gasteiger partial charge on any atom is -0.358 e. The van der Waals surface area contributed by atoms with E-state index in [0.29, 0.717) is 5.02 Å². The van der Waals surface area contributed by atoms with Crippen LogP contribution in [0.1, 0.15) is 18.5 Å². The molecule has 0 aliphatic rings. The lowest BCUT2D eigenvalue weighted by atomic mass is 10.1. The zero-order chi connectivity index (χ0) is 14.3. The van der Waals surface area contributed by atoms with Crippen LogP contribution in [-0.4, -0.2) is 32.0 Å².